The Balaban J connectivity index is 1.65. The highest BCUT2D eigenvalue weighted by Gasteiger charge is 2.10. The standard InChI is InChI=1S/C16H13FN4O2S/c1-23-11-4-2-10(3-5-11)13-8-14(20-19-13)16(22)21-18-9-12-6-7-15(17)24-12/h2-9H,1H3,(H,19,20)(H,21,22). The van der Waals surface area contributed by atoms with Crippen LogP contribution in [-0.4, -0.2) is 29.4 Å². The summed E-state index contributed by atoms with van der Waals surface area (Å²) in [6.45, 7) is 0. The van der Waals surface area contributed by atoms with Gasteiger partial charge < -0.3 is 4.74 Å². The number of thiophene rings is 1. The van der Waals surface area contributed by atoms with Crippen molar-refractivity contribution >= 4 is 23.5 Å². The fraction of sp³-hybridized carbons (Fsp3) is 0.0625. The second kappa shape index (κ2) is 7.05. The van der Waals surface area contributed by atoms with E-state index in [1.165, 1.54) is 12.3 Å². The monoisotopic (exact) mass is 344 g/mol. The summed E-state index contributed by atoms with van der Waals surface area (Å²) in [7, 11) is 1.59. The van der Waals surface area contributed by atoms with Crippen molar-refractivity contribution in [3.63, 3.8) is 0 Å². The Morgan fingerprint density at radius 3 is 2.79 bits per heavy atom. The summed E-state index contributed by atoms with van der Waals surface area (Å²) in [5.41, 5.74) is 4.12. The Bertz CT molecular complexity index is 870. The van der Waals surface area contributed by atoms with Gasteiger partial charge >= 0.3 is 0 Å². The molecule has 3 aromatic rings. The number of nitrogens with zero attached hydrogens (tertiary/aromatic N) is 2. The van der Waals surface area contributed by atoms with Crippen LogP contribution in [0.4, 0.5) is 4.39 Å². The minimum Gasteiger partial charge on any atom is -0.497 e. The van der Waals surface area contributed by atoms with Gasteiger partial charge in [-0.05, 0) is 42.5 Å². The predicted octanol–water partition coefficient (Wildman–Crippen LogP) is 3.05. The van der Waals surface area contributed by atoms with Gasteiger partial charge in [0.05, 0.1) is 23.9 Å². The number of nitrogens with one attached hydrogen (secondary N) is 2. The topological polar surface area (TPSA) is 79.4 Å². The molecular weight excluding hydrogens is 331 g/mol. The van der Waals surface area contributed by atoms with Crippen molar-refractivity contribution in [3.8, 4) is 17.0 Å². The fourth-order valence-electron chi connectivity index (χ4n) is 1.96. The molecule has 24 heavy (non-hydrogen) atoms. The lowest BCUT2D eigenvalue weighted by atomic mass is 10.1. The molecule has 0 saturated carbocycles. The molecule has 0 aliphatic heterocycles. The van der Waals surface area contributed by atoms with E-state index in [4.69, 9.17) is 4.74 Å². The molecule has 0 bridgehead atoms. The summed E-state index contributed by atoms with van der Waals surface area (Å²) in [5, 5.41) is 10.3. The summed E-state index contributed by atoms with van der Waals surface area (Å²) in [4.78, 5) is 12.6. The van der Waals surface area contributed by atoms with E-state index in [1.807, 2.05) is 24.3 Å². The normalized spacial score (nSPS) is 10.9. The average molecular weight is 344 g/mol. The van der Waals surface area contributed by atoms with Gasteiger partial charge in [0.25, 0.3) is 5.91 Å². The molecule has 0 aliphatic carbocycles. The fourth-order valence-corrected chi connectivity index (χ4v) is 2.56. The van der Waals surface area contributed by atoms with E-state index in [1.54, 1.807) is 19.2 Å². The Kier molecular flexibility index (Phi) is 4.66. The Hall–Kier alpha value is -3.00. The molecule has 2 aromatic heterocycles. The third kappa shape index (κ3) is 3.66. The molecule has 0 radical (unpaired) electrons. The van der Waals surface area contributed by atoms with E-state index >= 15 is 0 Å². The van der Waals surface area contributed by atoms with Gasteiger partial charge in [-0.25, -0.2) is 5.43 Å². The number of ether oxygens (including phenoxy) is 1. The molecule has 8 heteroatoms. The Morgan fingerprint density at radius 1 is 1.33 bits per heavy atom. The molecule has 1 amide bonds. The quantitative estimate of drug-likeness (QED) is 0.551. The number of hydrogen-bond donors (Lipinski definition) is 2. The van der Waals surface area contributed by atoms with Crippen LogP contribution in [0.3, 0.4) is 0 Å². The molecule has 0 saturated heterocycles. The van der Waals surface area contributed by atoms with Crippen LogP contribution < -0.4 is 10.2 Å². The summed E-state index contributed by atoms with van der Waals surface area (Å²) in [6.07, 6.45) is 1.38. The SMILES string of the molecule is COc1ccc(-c2cc(C(=O)NN=Cc3ccc(F)s3)[nH]n2)cc1. The number of H-pyrrole nitrogens is 1. The first kappa shape index (κ1) is 15.9. The van der Waals surface area contributed by atoms with Crippen molar-refractivity contribution in [1.82, 2.24) is 15.6 Å². The molecule has 2 heterocycles. The first-order valence-electron chi connectivity index (χ1n) is 6.94. The highest BCUT2D eigenvalue weighted by Crippen LogP contribution is 2.21. The third-order valence-electron chi connectivity index (χ3n) is 3.16. The molecule has 0 unspecified atom stereocenters. The van der Waals surface area contributed by atoms with E-state index in [9.17, 15) is 9.18 Å². The zero-order valence-corrected chi connectivity index (χ0v) is 13.4. The number of halogens is 1. The number of hydrogen-bond acceptors (Lipinski definition) is 5. The van der Waals surface area contributed by atoms with Crippen LogP contribution in [-0.2, 0) is 0 Å². The molecule has 0 fully saturated rings. The number of methoxy groups -OCH3 is 1. The molecule has 3 rings (SSSR count). The van der Waals surface area contributed by atoms with Crippen LogP contribution >= 0.6 is 11.3 Å². The summed E-state index contributed by atoms with van der Waals surface area (Å²) in [6, 6.07) is 11.9. The lowest BCUT2D eigenvalue weighted by Gasteiger charge is -1.99. The van der Waals surface area contributed by atoms with Crippen LogP contribution in [0.5, 0.6) is 5.75 Å². The van der Waals surface area contributed by atoms with Crippen LogP contribution in [0.2, 0.25) is 0 Å². The maximum absolute atomic E-state index is 12.8. The van der Waals surface area contributed by atoms with Gasteiger partial charge in [-0.2, -0.15) is 14.6 Å². The molecule has 0 aliphatic rings. The van der Waals surface area contributed by atoms with Gasteiger partial charge in [0.2, 0.25) is 0 Å². The lowest BCUT2D eigenvalue weighted by molar-refractivity contribution is 0.0950. The molecule has 6 nitrogen and oxygen atoms in total. The lowest BCUT2D eigenvalue weighted by Crippen LogP contribution is -2.17. The second-order valence-corrected chi connectivity index (χ2v) is 5.80. The maximum Gasteiger partial charge on any atom is 0.289 e. The van der Waals surface area contributed by atoms with Crippen molar-refractivity contribution in [2.45, 2.75) is 0 Å². The van der Waals surface area contributed by atoms with Gasteiger partial charge in [0.1, 0.15) is 11.4 Å². The van der Waals surface area contributed by atoms with Gasteiger partial charge in [-0.3, -0.25) is 9.89 Å². The average Bonchev–Trinajstić information content (AvgIpc) is 3.24. The number of benzene rings is 1. The highest BCUT2D eigenvalue weighted by molar-refractivity contribution is 7.12. The number of rotatable bonds is 5. The number of hydrazone groups is 1. The molecule has 0 atom stereocenters. The molecule has 2 N–H and O–H groups in total. The van der Waals surface area contributed by atoms with Crippen molar-refractivity contribution in [3.05, 3.63) is 58.2 Å². The van der Waals surface area contributed by atoms with Crippen LogP contribution in [0.25, 0.3) is 11.3 Å². The van der Waals surface area contributed by atoms with E-state index in [0.29, 0.717) is 10.6 Å². The van der Waals surface area contributed by atoms with Gasteiger partial charge in [-0.15, -0.1) is 11.3 Å². The van der Waals surface area contributed by atoms with E-state index in [-0.39, 0.29) is 10.8 Å². The zero-order chi connectivity index (χ0) is 16.9. The maximum atomic E-state index is 12.8. The molecule has 0 spiro atoms. The third-order valence-corrected chi connectivity index (χ3v) is 3.97. The summed E-state index contributed by atoms with van der Waals surface area (Å²) >= 11 is 0.942. The van der Waals surface area contributed by atoms with Crippen LogP contribution in [0.15, 0.2) is 47.6 Å². The van der Waals surface area contributed by atoms with Crippen molar-refractivity contribution in [2.24, 2.45) is 5.10 Å². The summed E-state index contributed by atoms with van der Waals surface area (Å²) in [5.74, 6) is 0.308. The number of amides is 1. The second-order valence-electron chi connectivity index (χ2n) is 4.74. The number of carbonyl (C=O) groups is 1. The molecule has 1 aromatic carbocycles. The summed E-state index contributed by atoms with van der Waals surface area (Å²) < 4.78 is 17.9. The van der Waals surface area contributed by atoms with E-state index < -0.39 is 5.91 Å². The predicted molar refractivity (Wildman–Crippen MR) is 89.9 cm³/mol. The number of carbonyl (C=O) groups excluding carboxylic acids is 1. The van der Waals surface area contributed by atoms with Crippen LogP contribution in [0.1, 0.15) is 15.4 Å². The van der Waals surface area contributed by atoms with Crippen LogP contribution in [0, 0.1) is 5.13 Å². The van der Waals surface area contributed by atoms with Gasteiger partial charge in [0.15, 0.2) is 5.13 Å². The first-order chi connectivity index (χ1) is 11.7. The number of aromatic amines is 1. The minimum atomic E-state index is -0.435. The van der Waals surface area contributed by atoms with Crippen molar-refractivity contribution in [2.75, 3.05) is 7.11 Å². The smallest absolute Gasteiger partial charge is 0.289 e. The van der Waals surface area contributed by atoms with Crippen molar-refractivity contribution < 1.29 is 13.9 Å². The minimum absolute atomic E-state index is 0.273. The van der Waals surface area contributed by atoms with E-state index in [2.05, 4.69) is 20.7 Å². The largest absolute Gasteiger partial charge is 0.497 e. The van der Waals surface area contributed by atoms with Gasteiger partial charge in [-0.1, -0.05) is 0 Å². The Labute approximate surface area is 141 Å². The first-order valence-corrected chi connectivity index (χ1v) is 7.76. The van der Waals surface area contributed by atoms with Crippen molar-refractivity contribution in [1.29, 1.82) is 0 Å². The number of aromatic nitrogens is 2. The van der Waals surface area contributed by atoms with Gasteiger partial charge in [0, 0.05) is 5.56 Å². The highest BCUT2D eigenvalue weighted by atomic mass is 32.1. The van der Waals surface area contributed by atoms with E-state index in [0.717, 1.165) is 22.6 Å². The molecular formula is C16H13FN4O2S. The molecule has 122 valence electrons. The zero-order valence-electron chi connectivity index (χ0n) is 12.6. The Morgan fingerprint density at radius 2 is 2.12 bits per heavy atom.